The lowest BCUT2D eigenvalue weighted by atomic mass is 9.96. The van der Waals surface area contributed by atoms with Gasteiger partial charge in [0.2, 0.25) is 0 Å². The minimum atomic E-state index is -0.463. The molecule has 1 atom stereocenters. The second kappa shape index (κ2) is 5.40. The van der Waals surface area contributed by atoms with Gasteiger partial charge in [-0.05, 0) is 18.1 Å². The van der Waals surface area contributed by atoms with Crippen molar-refractivity contribution in [2.75, 3.05) is 13.7 Å². The number of carbonyl (C=O) groups excluding carboxylic acids is 1. The van der Waals surface area contributed by atoms with Gasteiger partial charge in [-0.25, -0.2) is 9.78 Å². The molecule has 2 aromatic heterocycles. The lowest BCUT2D eigenvalue weighted by Gasteiger charge is -2.16. The first-order valence-corrected chi connectivity index (χ1v) is 6.26. The van der Waals surface area contributed by atoms with Gasteiger partial charge < -0.3 is 14.2 Å². The minimum Gasteiger partial charge on any atom is -0.464 e. The summed E-state index contributed by atoms with van der Waals surface area (Å²) in [5.74, 6) is 0.332. The quantitative estimate of drug-likeness (QED) is 0.854. The molecule has 0 aliphatic carbocycles. The Kier molecular flexibility index (Phi) is 3.85. The standard InChI is InChI=1S/C14H18N2O3/c1-9(2)10(8-17)13-15-12(14(18)19-3)11-6-4-5-7-16(11)13/h4-7,9-10,17H,8H2,1-3H3. The minimum absolute atomic E-state index is 0.00765. The molecule has 0 saturated carbocycles. The molecule has 0 aliphatic rings. The summed E-state index contributed by atoms with van der Waals surface area (Å²) in [6, 6.07) is 5.53. The van der Waals surface area contributed by atoms with Crippen molar-refractivity contribution in [3.05, 3.63) is 35.9 Å². The molecule has 0 radical (unpaired) electrons. The Morgan fingerprint density at radius 2 is 2.21 bits per heavy atom. The van der Waals surface area contributed by atoms with Gasteiger partial charge >= 0.3 is 5.97 Å². The van der Waals surface area contributed by atoms with Gasteiger partial charge in [-0.2, -0.15) is 0 Å². The highest BCUT2D eigenvalue weighted by Gasteiger charge is 2.24. The highest BCUT2D eigenvalue weighted by molar-refractivity contribution is 5.95. The average Bonchev–Trinajstić information content (AvgIpc) is 2.78. The first-order chi connectivity index (χ1) is 9.10. The third-order valence-corrected chi connectivity index (χ3v) is 3.29. The number of pyridine rings is 1. The van der Waals surface area contributed by atoms with Crippen molar-refractivity contribution >= 4 is 11.5 Å². The fourth-order valence-electron chi connectivity index (χ4n) is 2.16. The summed E-state index contributed by atoms with van der Waals surface area (Å²) in [6.07, 6.45) is 1.84. The molecule has 0 aliphatic heterocycles. The molecule has 5 heteroatoms. The van der Waals surface area contributed by atoms with Crippen LogP contribution in [0.2, 0.25) is 0 Å². The molecule has 0 amide bonds. The zero-order chi connectivity index (χ0) is 14.0. The highest BCUT2D eigenvalue weighted by Crippen LogP contribution is 2.26. The number of nitrogens with zero attached hydrogens (tertiary/aromatic N) is 2. The molecule has 5 nitrogen and oxygen atoms in total. The number of imidazole rings is 1. The van der Waals surface area contributed by atoms with Crippen LogP contribution in [0.1, 0.15) is 36.1 Å². The van der Waals surface area contributed by atoms with Crippen molar-refractivity contribution < 1.29 is 14.6 Å². The molecule has 19 heavy (non-hydrogen) atoms. The van der Waals surface area contributed by atoms with Crippen molar-refractivity contribution in [1.82, 2.24) is 9.38 Å². The zero-order valence-electron chi connectivity index (χ0n) is 11.3. The van der Waals surface area contributed by atoms with Gasteiger partial charge in [-0.15, -0.1) is 0 Å². The monoisotopic (exact) mass is 262 g/mol. The Hall–Kier alpha value is -1.88. The van der Waals surface area contributed by atoms with Gasteiger partial charge in [0.1, 0.15) is 5.82 Å². The second-order valence-corrected chi connectivity index (χ2v) is 4.80. The maximum absolute atomic E-state index is 11.8. The van der Waals surface area contributed by atoms with Crippen LogP contribution < -0.4 is 0 Å². The van der Waals surface area contributed by atoms with Crippen LogP contribution in [0.4, 0.5) is 0 Å². The van der Waals surface area contributed by atoms with E-state index in [0.717, 1.165) is 0 Å². The zero-order valence-corrected chi connectivity index (χ0v) is 11.3. The van der Waals surface area contributed by atoms with E-state index in [4.69, 9.17) is 4.74 Å². The third-order valence-electron chi connectivity index (χ3n) is 3.29. The summed E-state index contributed by atoms with van der Waals surface area (Å²) in [5.41, 5.74) is 0.987. The topological polar surface area (TPSA) is 63.8 Å². The van der Waals surface area contributed by atoms with Crippen molar-refractivity contribution in [3.63, 3.8) is 0 Å². The number of ether oxygens (including phenoxy) is 1. The van der Waals surface area contributed by atoms with Crippen LogP contribution in [0.25, 0.3) is 5.52 Å². The van der Waals surface area contributed by atoms with Crippen LogP contribution in [0, 0.1) is 5.92 Å². The third kappa shape index (κ3) is 2.33. The van der Waals surface area contributed by atoms with Crippen LogP contribution in [0.5, 0.6) is 0 Å². The number of esters is 1. The van der Waals surface area contributed by atoms with E-state index in [-0.39, 0.29) is 24.1 Å². The Bertz CT molecular complexity index is 589. The SMILES string of the molecule is COC(=O)c1nc(C(CO)C(C)C)n2ccccc12. The summed E-state index contributed by atoms with van der Waals surface area (Å²) in [7, 11) is 1.34. The number of carbonyl (C=O) groups is 1. The summed E-state index contributed by atoms with van der Waals surface area (Å²) in [6.45, 7) is 4.03. The van der Waals surface area contributed by atoms with Gasteiger partial charge in [-0.3, -0.25) is 0 Å². The summed E-state index contributed by atoms with van der Waals surface area (Å²) in [4.78, 5) is 16.1. The maximum atomic E-state index is 11.8. The van der Waals surface area contributed by atoms with Crippen LogP contribution in [-0.2, 0) is 4.74 Å². The number of aliphatic hydroxyl groups is 1. The van der Waals surface area contributed by atoms with E-state index >= 15 is 0 Å². The van der Waals surface area contributed by atoms with Gasteiger partial charge in [0.15, 0.2) is 5.69 Å². The van der Waals surface area contributed by atoms with E-state index in [1.54, 1.807) is 0 Å². The molecule has 102 valence electrons. The van der Waals surface area contributed by atoms with E-state index in [1.807, 2.05) is 42.6 Å². The van der Waals surface area contributed by atoms with Gasteiger partial charge in [0.05, 0.1) is 19.2 Å². The number of aromatic nitrogens is 2. The fraction of sp³-hybridized carbons (Fsp3) is 0.429. The predicted octanol–water partition coefficient (Wildman–Crippen LogP) is 1.85. The smallest absolute Gasteiger partial charge is 0.358 e. The Morgan fingerprint density at radius 3 is 2.79 bits per heavy atom. The number of hydrogen-bond donors (Lipinski definition) is 1. The second-order valence-electron chi connectivity index (χ2n) is 4.80. The van der Waals surface area contributed by atoms with Crippen molar-refractivity contribution in [1.29, 1.82) is 0 Å². The van der Waals surface area contributed by atoms with Crippen LogP contribution in [-0.4, -0.2) is 34.2 Å². The van der Waals surface area contributed by atoms with Crippen LogP contribution in [0.15, 0.2) is 24.4 Å². The van der Waals surface area contributed by atoms with Gasteiger partial charge in [-0.1, -0.05) is 19.9 Å². The average molecular weight is 262 g/mol. The summed E-state index contributed by atoms with van der Waals surface area (Å²) in [5, 5.41) is 9.54. The maximum Gasteiger partial charge on any atom is 0.358 e. The van der Waals surface area contributed by atoms with E-state index in [9.17, 15) is 9.90 Å². The lowest BCUT2D eigenvalue weighted by Crippen LogP contribution is -2.15. The number of rotatable bonds is 4. The van der Waals surface area contributed by atoms with Crippen LogP contribution >= 0.6 is 0 Å². The van der Waals surface area contributed by atoms with Gasteiger partial charge in [0.25, 0.3) is 0 Å². The van der Waals surface area contributed by atoms with Gasteiger partial charge in [0, 0.05) is 12.1 Å². The Balaban J connectivity index is 2.65. The Morgan fingerprint density at radius 1 is 1.47 bits per heavy atom. The largest absolute Gasteiger partial charge is 0.464 e. The first kappa shape index (κ1) is 13.5. The summed E-state index contributed by atoms with van der Waals surface area (Å²) < 4.78 is 6.59. The molecule has 0 fully saturated rings. The van der Waals surface area contributed by atoms with E-state index in [2.05, 4.69) is 4.98 Å². The first-order valence-electron chi connectivity index (χ1n) is 6.26. The predicted molar refractivity (Wildman–Crippen MR) is 71.2 cm³/mol. The van der Waals surface area contributed by atoms with E-state index in [1.165, 1.54) is 7.11 Å². The van der Waals surface area contributed by atoms with Crippen molar-refractivity contribution in [2.24, 2.45) is 5.92 Å². The Labute approximate surface area is 111 Å². The molecular formula is C14H18N2O3. The molecule has 2 aromatic rings. The number of hydrogen-bond acceptors (Lipinski definition) is 4. The molecule has 2 heterocycles. The normalized spacial score (nSPS) is 12.9. The number of methoxy groups -OCH3 is 1. The molecule has 0 spiro atoms. The van der Waals surface area contributed by atoms with E-state index in [0.29, 0.717) is 11.3 Å². The van der Waals surface area contributed by atoms with Crippen molar-refractivity contribution in [3.8, 4) is 0 Å². The highest BCUT2D eigenvalue weighted by atomic mass is 16.5. The fourth-order valence-corrected chi connectivity index (χ4v) is 2.16. The van der Waals surface area contributed by atoms with Crippen LogP contribution in [0.3, 0.4) is 0 Å². The molecule has 1 N–H and O–H groups in total. The molecule has 0 saturated heterocycles. The number of aliphatic hydroxyl groups excluding tert-OH is 1. The molecular weight excluding hydrogens is 244 g/mol. The van der Waals surface area contributed by atoms with E-state index < -0.39 is 5.97 Å². The number of fused-ring (bicyclic) bond motifs is 1. The summed E-state index contributed by atoms with van der Waals surface area (Å²) >= 11 is 0. The molecule has 0 aromatic carbocycles. The lowest BCUT2D eigenvalue weighted by molar-refractivity contribution is 0.0596. The molecule has 2 rings (SSSR count). The molecule has 1 unspecified atom stereocenters. The van der Waals surface area contributed by atoms with Crippen molar-refractivity contribution in [2.45, 2.75) is 19.8 Å². The molecule has 0 bridgehead atoms.